The molecule has 3 aromatic heterocycles. The molecular formula is C27H43ClN8S. The van der Waals surface area contributed by atoms with Gasteiger partial charge in [-0.25, -0.2) is 9.97 Å². The molecule has 1 aliphatic heterocycles. The van der Waals surface area contributed by atoms with Crippen molar-refractivity contribution in [3.8, 4) is 11.5 Å². The molecule has 8 nitrogen and oxygen atoms in total. The standard InChI is InChI=1S/C27H42N8S.ClH/c1-26(2,3)21-19-22(29-24(28-21)27(4,5)6)35-16-14-34(15-17-35)13-10-18-36-25-31-30-23(33(25)8)20-11-9-12-32(20)7;/h9,11-12,19H,10,13-18H2,1-8H3;1H. The summed E-state index contributed by atoms with van der Waals surface area (Å²) in [5, 5.41) is 9.81. The van der Waals surface area contributed by atoms with Crippen LogP contribution >= 0.6 is 24.2 Å². The SMILES string of the molecule is Cl.Cn1cccc1-c1nnc(SCCCN2CCN(c3cc(C(C)(C)C)nc(C(C)(C)C)n3)CC2)n1C. The number of nitrogens with zero attached hydrogens (tertiary/aromatic N) is 8. The average Bonchev–Trinajstić information content (AvgIpc) is 3.40. The van der Waals surface area contributed by atoms with Crippen LogP contribution in [-0.4, -0.2) is 72.7 Å². The third-order valence-corrected chi connectivity index (χ3v) is 7.81. The Labute approximate surface area is 232 Å². The van der Waals surface area contributed by atoms with E-state index >= 15 is 0 Å². The van der Waals surface area contributed by atoms with Gasteiger partial charge in [-0.3, -0.25) is 4.90 Å². The van der Waals surface area contributed by atoms with Crippen LogP contribution in [0.5, 0.6) is 0 Å². The molecule has 0 radical (unpaired) electrons. The third kappa shape index (κ3) is 7.06. The molecule has 0 unspecified atom stereocenters. The number of aryl methyl sites for hydroxylation is 1. The Morgan fingerprint density at radius 2 is 1.62 bits per heavy atom. The van der Waals surface area contributed by atoms with Gasteiger partial charge in [-0.2, -0.15) is 0 Å². The second-order valence-corrected chi connectivity index (χ2v) is 12.9. The van der Waals surface area contributed by atoms with Crippen LogP contribution in [0.1, 0.15) is 59.5 Å². The molecule has 1 aliphatic rings. The maximum Gasteiger partial charge on any atom is 0.191 e. The first kappa shape index (κ1) is 29.5. The highest BCUT2D eigenvalue weighted by molar-refractivity contribution is 7.99. The quantitative estimate of drug-likeness (QED) is 0.307. The largest absolute Gasteiger partial charge is 0.354 e. The van der Waals surface area contributed by atoms with E-state index in [0.29, 0.717) is 0 Å². The minimum absolute atomic E-state index is 0. The normalized spacial score (nSPS) is 15.2. The Balaban J connectivity index is 0.00000380. The molecule has 0 aromatic carbocycles. The molecule has 0 N–H and O–H groups in total. The second-order valence-electron chi connectivity index (χ2n) is 11.8. The van der Waals surface area contributed by atoms with Crippen molar-refractivity contribution in [2.24, 2.45) is 14.1 Å². The topological polar surface area (TPSA) is 67.9 Å². The Bertz CT molecular complexity index is 1130. The number of aromatic nitrogens is 6. The molecule has 37 heavy (non-hydrogen) atoms. The number of hydrogen-bond acceptors (Lipinski definition) is 7. The van der Waals surface area contributed by atoms with Gasteiger partial charge < -0.3 is 14.0 Å². The Morgan fingerprint density at radius 3 is 2.22 bits per heavy atom. The molecule has 3 aromatic rings. The van der Waals surface area contributed by atoms with E-state index in [-0.39, 0.29) is 23.2 Å². The van der Waals surface area contributed by atoms with E-state index in [1.54, 1.807) is 11.8 Å². The van der Waals surface area contributed by atoms with Gasteiger partial charge in [0.15, 0.2) is 11.0 Å². The highest BCUT2D eigenvalue weighted by atomic mass is 35.5. The van der Waals surface area contributed by atoms with Gasteiger partial charge in [0, 0.05) is 69.1 Å². The molecule has 4 heterocycles. The van der Waals surface area contributed by atoms with Crippen LogP contribution in [0.3, 0.4) is 0 Å². The van der Waals surface area contributed by atoms with Gasteiger partial charge in [0.1, 0.15) is 11.6 Å². The zero-order chi connectivity index (χ0) is 26.1. The maximum atomic E-state index is 4.99. The summed E-state index contributed by atoms with van der Waals surface area (Å²) in [7, 11) is 4.08. The summed E-state index contributed by atoms with van der Waals surface area (Å²) < 4.78 is 4.17. The summed E-state index contributed by atoms with van der Waals surface area (Å²) in [4.78, 5) is 14.9. The molecule has 10 heteroatoms. The lowest BCUT2D eigenvalue weighted by Crippen LogP contribution is -2.47. The monoisotopic (exact) mass is 546 g/mol. The molecule has 0 atom stereocenters. The van der Waals surface area contributed by atoms with E-state index in [2.05, 4.69) is 82.8 Å². The van der Waals surface area contributed by atoms with Crippen LogP contribution in [0.2, 0.25) is 0 Å². The fourth-order valence-electron chi connectivity index (χ4n) is 4.33. The lowest BCUT2D eigenvalue weighted by atomic mass is 9.90. The molecule has 0 saturated carbocycles. The molecule has 0 aliphatic carbocycles. The zero-order valence-electron chi connectivity index (χ0n) is 23.7. The molecule has 204 valence electrons. The van der Waals surface area contributed by atoms with Crippen molar-refractivity contribution in [2.75, 3.05) is 43.4 Å². The number of piperazine rings is 1. The van der Waals surface area contributed by atoms with Crippen molar-refractivity contribution in [1.82, 2.24) is 34.2 Å². The molecule has 1 saturated heterocycles. The van der Waals surface area contributed by atoms with E-state index in [1.165, 1.54) is 0 Å². The first-order valence-electron chi connectivity index (χ1n) is 12.9. The zero-order valence-corrected chi connectivity index (χ0v) is 25.3. The lowest BCUT2D eigenvalue weighted by molar-refractivity contribution is 0.258. The van der Waals surface area contributed by atoms with Gasteiger partial charge >= 0.3 is 0 Å². The first-order chi connectivity index (χ1) is 16.9. The Kier molecular flexibility index (Phi) is 9.35. The summed E-state index contributed by atoms with van der Waals surface area (Å²) in [6, 6.07) is 6.31. The predicted molar refractivity (Wildman–Crippen MR) is 156 cm³/mol. The number of hydrogen-bond donors (Lipinski definition) is 0. The van der Waals surface area contributed by atoms with Gasteiger partial charge in [-0.1, -0.05) is 53.3 Å². The molecule has 0 amide bonds. The van der Waals surface area contributed by atoms with Gasteiger partial charge in [0.05, 0.1) is 11.4 Å². The van der Waals surface area contributed by atoms with Gasteiger partial charge in [0.2, 0.25) is 0 Å². The average molecular weight is 547 g/mol. The predicted octanol–water partition coefficient (Wildman–Crippen LogP) is 4.93. The van der Waals surface area contributed by atoms with Crippen molar-refractivity contribution >= 4 is 30.0 Å². The summed E-state index contributed by atoms with van der Waals surface area (Å²) in [6.07, 6.45) is 3.17. The number of anilines is 1. The summed E-state index contributed by atoms with van der Waals surface area (Å²) >= 11 is 1.79. The molecule has 4 rings (SSSR count). The minimum atomic E-state index is -0.0696. The van der Waals surface area contributed by atoms with Gasteiger partial charge in [-0.05, 0) is 25.1 Å². The summed E-state index contributed by atoms with van der Waals surface area (Å²) in [5.41, 5.74) is 2.14. The van der Waals surface area contributed by atoms with Crippen molar-refractivity contribution in [3.05, 3.63) is 35.9 Å². The number of rotatable bonds is 7. The Hall–Kier alpha value is -2.10. The third-order valence-electron chi connectivity index (χ3n) is 6.71. The second kappa shape index (κ2) is 11.7. The number of thioether (sulfide) groups is 1. The fraction of sp³-hybridized carbons (Fsp3) is 0.630. The molecule has 0 spiro atoms. The van der Waals surface area contributed by atoms with E-state index in [0.717, 1.165) is 78.9 Å². The lowest BCUT2D eigenvalue weighted by Gasteiger charge is -2.36. The first-order valence-corrected chi connectivity index (χ1v) is 13.9. The smallest absolute Gasteiger partial charge is 0.191 e. The molecular weight excluding hydrogens is 504 g/mol. The summed E-state index contributed by atoms with van der Waals surface area (Å²) in [5.74, 6) is 3.96. The van der Waals surface area contributed by atoms with E-state index in [9.17, 15) is 0 Å². The fourth-order valence-corrected chi connectivity index (χ4v) is 5.16. The van der Waals surface area contributed by atoms with Crippen molar-refractivity contribution in [1.29, 1.82) is 0 Å². The number of halogens is 1. The van der Waals surface area contributed by atoms with E-state index in [1.807, 2.05) is 26.4 Å². The highest BCUT2D eigenvalue weighted by Crippen LogP contribution is 2.29. The van der Waals surface area contributed by atoms with Gasteiger partial charge in [0.25, 0.3) is 0 Å². The van der Waals surface area contributed by atoms with Crippen LogP contribution in [-0.2, 0) is 24.9 Å². The Morgan fingerprint density at radius 1 is 0.919 bits per heavy atom. The molecule has 1 fully saturated rings. The van der Waals surface area contributed by atoms with Crippen molar-refractivity contribution < 1.29 is 0 Å². The van der Waals surface area contributed by atoms with Crippen LogP contribution in [0, 0.1) is 0 Å². The maximum absolute atomic E-state index is 4.99. The van der Waals surface area contributed by atoms with Crippen LogP contribution in [0.25, 0.3) is 11.5 Å². The van der Waals surface area contributed by atoms with Crippen molar-refractivity contribution in [3.63, 3.8) is 0 Å². The summed E-state index contributed by atoms with van der Waals surface area (Å²) in [6.45, 7) is 18.5. The molecule has 0 bridgehead atoms. The van der Waals surface area contributed by atoms with Crippen LogP contribution in [0.4, 0.5) is 5.82 Å². The van der Waals surface area contributed by atoms with E-state index in [4.69, 9.17) is 9.97 Å². The minimum Gasteiger partial charge on any atom is -0.354 e. The van der Waals surface area contributed by atoms with Crippen LogP contribution in [0.15, 0.2) is 29.6 Å². The van der Waals surface area contributed by atoms with Crippen LogP contribution < -0.4 is 4.90 Å². The van der Waals surface area contributed by atoms with Crippen molar-refractivity contribution in [2.45, 2.75) is 63.9 Å². The highest BCUT2D eigenvalue weighted by Gasteiger charge is 2.26. The van der Waals surface area contributed by atoms with Gasteiger partial charge in [-0.15, -0.1) is 22.6 Å². The van der Waals surface area contributed by atoms with E-state index < -0.39 is 0 Å².